The van der Waals surface area contributed by atoms with Crippen molar-refractivity contribution >= 4 is 11.9 Å². The Bertz CT molecular complexity index is 984. The van der Waals surface area contributed by atoms with Gasteiger partial charge in [-0.3, -0.25) is 4.79 Å². The van der Waals surface area contributed by atoms with Crippen molar-refractivity contribution in [1.82, 2.24) is 15.5 Å². The van der Waals surface area contributed by atoms with Gasteiger partial charge in [-0.2, -0.15) is 0 Å². The zero-order valence-corrected chi connectivity index (χ0v) is 20.5. The second-order valence-electron chi connectivity index (χ2n) is 9.45. The van der Waals surface area contributed by atoms with Gasteiger partial charge in [-0.05, 0) is 47.1 Å². The molecule has 34 heavy (non-hydrogen) atoms. The minimum atomic E-state index is -0.231. The van der Waals surface area contributed by atoms with E-state index in [1.165, 1.54) is 0 Å². The minimum absolute atomic E-state index is 0.114. The van der Waals surface area contributed by atoms with Crippen LogP contribution in [0.4, 0.5) is 4.79 Å². The monoisotopic (exact) mass is 467 g/mol. The Labute approximate surface area is 202 Å². The van der Waals surface area contributed by atoms with Gasteiger partial charge in [0, 0.05) is 38.7 Å². The van der Waals surface area contributed by atoms with Gasteiger partial charge < -0.3 is 25.4 Å². The van der Waals surface area contributed by atoms with Gasteiger partial charge in [0.15, 0.2) is 0 Å². The van der Waals surface area contributed by atoms with Crippen LogP contribution >= 0.6 is 0 Å². The molecule has 7 heteroatoms. The van der Waals surface area contributed by atoms with Crippen LogP contribution in [0, 0.1) is 0 Å². The summed E-state index contributed by atoms with van der Waals surface area (Å²) in [6, 6.07) is 13.4. The molecule has 1 saturated heterocycles. The summed E-state index contributed by atoms with van der Waals surface area (Å²) in [5, 5.41) is 16.1. The van der Waals surface area contributed by atoms with E-state index >= 15 is 0 Å². The summed E-state index contributed by atoms with van der Waals surface area (Å²) >= 11 is 0. The molecule has 0 saturated carbocycles. The molecular weight excluding hydrogens is 430 g/mol. The van der Waals surface area contributed by atoms with Crippen LogP contribution in [0.3, 0.4) is 0 Å². The fraction of sp³-hybridized carbons (Fsp3) is 0.481. The number of aromatic hydroxyl groups is 1. The Balaban J connectivity index is 1.57. The number of ether oxygens (including phenoxy) is 1. The fourth-order valence-corrected chi connectivity index (χ4v) is 4.27. The van der Waals surface area contributed by atoms with Crippen LogP contribution in [0.5, 0.6) is 5.75 Å². The quantitative estimate of drug-likeness (QED) is 0.483. The van der Waals surface area contributed by atoms with Crippen LogP contribution in [0.15, 0.2) is 42.5 Å². The number of unbranched alkanes of at least 4 members (excludes halogenated alkanes) is 1. The van der Waals surface area contributed by atoms with Crippen LogP contribution in [0.2, 0.25) is 0 Å². The van der Waals surface area contributed by atoms with Gasteiger partial charge in [0.05, 0.1) is 13.2 Å². The van der Waals surface area contributed by atoms with E-state index in [2.05, 4.69) is 30.5 Å². The number of carbonyl (C=O) groups excluding carboxylic acids is 2. The van der Waals surface area contributed by atoms with Crippen LogP contribution in [0.1, 0.15) is 50.7 Å². The molecule has 0 unspecified atom stereocenters. The third-order valence-corrected chi connectivity index (χ3v) is 6.50. The van der Waals surface area contributed by atoms with Crippen molar-refractivity contribution in [3.63, 3.8) is 0 Å². The number of hydrogen-bond donors (Lipinski definition) is 3. The molecule has 1 fully saturated rings. The summed E-state index contributed by atoms with van der Waals surface area (Å²) < 4.78 is 5.31. The molecule has 1 aliphatic rings. The maximum absolute atomic E-state index is 12.3. The van der Waals surface area contributed by atoms with E-state index in [4.69, 9.17) is 4.74 Å². The van der Waals surface area contributed by atoms with Gasteiger partial charge in [0.2, 0.25) is 5.91 Å². The van der Waals surface area contributed by atoms with Gasteiger partial charge in [-0.25, -0.2) is 4.79 Å². The first kappa shape index (κ1) is 25.6. The van der Waals surface area contributed by atoms with E-state index in [9.17, 15) is 14.7 Å². The third kappa shape index (κ3) is 6.97. The number of hydrogen-bond acceptors (Lipinski definition) is 4. The summed E-state index contributed by atoms with van der Waals surface area (Å²) in [6.07, 6.45) is 3.32. The van der Waals surface area contributed by atoms with Crippen molar-refractivity contribution in [2.75, 3.05) is 33.4 Å². The van der Waals surface area contributed by atoms with Gasteiger partial charge >= 0.3 is 6.03 Å². The van der Waals surface area contributed by atoms with Gasteiger partial charge in [-0.15, -0.1) is 0 Å². The van der Waals surface area contributed by atoms with E-state index in [1.54, 1.807) is 7.05 Å². The van der Waals surface area contributed by atoms with Crippen LogP contribution in [-0.4, -0.2) is 55.3 Å². The largest absolute Gasteiger partial charge is 0.507 e. The van der Waals surface area contributed by atoms with Crippen molar-refractivity contribution < 1.29 is 19.4 Å². The highest BCUT2D eigenvalue weighted by Gasteiger charge is 2.22. The van der Waals surface area contributed by atoms with Crippen LogP contribution < -0.4 is 10.6 Å². The molecule has 3 rings (SSSR count). The second kappa shape index (κ2) is 11.9. The molecule has 0 aliphatic carbocycles. The number of rotatable bonds is 9. The zero-order chi connectivity index (χ0) is 24.6. The number of carbonyl (C=O) groups is 2. The average Bonchev–Trinajstić information content (AvgIpc) is 2.85. The molecule has 2 aromatic carbocycles. The lowest BCUT2D eigenvalue weighted by atomic mass is 9.79. The van der Waals surface area contributed by atoms with Crippen molar-refractivity contribution in [1.29, 1.82) is 0 Å². The highest BCUT2D eigenvalue weighted by molar-refractivity contribution is 5.76. The van der Waals surface area contributed by atoms with E-state index in [0.29, 0.717) is 39.3 Å². The number of nitrogens with zero attached hydrogens (tertiary/aromatic N) is 1. The zero-order valence-electron chi connectivity index (χ0n) is 20.5. The molecule has 1 heterocycles. The van der Waals surface area contributed by atoms with Crippen molar-refractivity contribution in [2.45, 2.75) is 51.5 Å². The van der Waals surface area contributed by atoms with Gasteiger partial charge in [0.1, 0.15) is 5.75 Å². The lowest BCUT2D eigenvalue weighted by Crippen LogP contribution is -2.40. The Morgan fingerprint density at radius 1 is 1.09 bits per heavy atom. The Morgan fingerprint density at radius 2 is 1.85 bits per heavy atom. The Kier molecular flexibility index (Phi) is 8.93. The first-order valence-electron chi connectivity index (χ1n) is 12.0. The molecule has 0 aromatic heterocycles. The number of phenols is 1. The van der Waals surface area contributed by atoms with Crippen molar-refractivity contribution in [3.05, 3.63) is 53.6 Å². The first-order chi connectivity index (χ1) is 16.3. The fourth-order valence-electron chi connectivity index (χ4n) is 4.27. The van der Waals surface area contributed by atoms with Gasteiger partial charge in [0.25, 0.3) is 0 Å². The predicted octanol–water partition coefficient (Wildman–Crippen LogP) is 4.19. The average molecular weight is 468 g/mol. The van der Waals surface area contributed by atoms with Crippen molar-refractivity contribution in [2.24, 2.45) is 0 Å². The Hall–Kier alpha value is -3.06. The summed E-state index contributed by atoms with van der Waals surface area (Å²) in [6.45, 7) is 7.43. The molecule has 3 amide bonds. The molecule has 2 aromatic rings. The SMILES string of the molecule is CNC(=O)NCc1cccc(-c2ccc(C(C)(C)CCCCC(=O)N3CCOCC3)cc2O)c1. The number of urea groups is 1. The topological polar surface area (TPSA) is 90.9 Å². The smallest absolute Gasteiger partial charge is 0.314 e. The molecule has 0 bridgehead atoms. The summed E-state index contributed by atoms with van der Waals surface area (Å²) in [5.74, 6) is 0.459. The number of phenolic OH excluding ortho intramolecular Hbond substituents is 1. The number of amides is 3. The van der Waals surface area contributed by atoms with Crippen LogP contribution in [0.25, 0.3) is 11.1 Å². The van der Waals surface area contributed by atoms with Crippen LogP contribution in [-0.2, 0) is 21.5 Å². The second-order valence-corrected chi connectivity index (χ2v) is 9.45. The molecule has 1 aliphatic heterocycles. The lowest BCUT2D eigenvalue weighted by Gasteiger charge is -2.28. The van der Waals surface area contributed by atoms with E-state index in [0.717, 1.165) is 41.5 Å². The number of nitrogens with one attached hydrogen (secondary N) is 2. The van der Waals surface area contributed by atoms with Gasteiger partial charge in [-0.1, -0.05) is 50.6 Å². The standard InChI is InChI=1S/C27H37N3O4/c1-27(2,12-5-4-9-25(32)30-13-15-34-16-14-30)22-10-11-23(24(31)18-22)21-8-6-7-20(17-21)19-29-26(33)28-3/h6-8,10-11,17-18,31H,4-5,9,12-16,19H2,1-3H3,(H2,28,29,33). The normalized spacial score (nSPS) is 14.0. The molecular formula is C27H37N3O4. The summed E-state index contributed by atoms with van der Waals surface area (Å²) in [4.78, 5) is 25.7. The van der Waals surface area contributed by atoms with E-state index in [-0.39, 0.29) is 23.1 Å². The Morgan fingerprint density at radius 3 is 2.56 bits per heavy atom. The predicted molar refractivity (Wildman–Crippen MR) is 134 cm³/mol. The molecule has 3 N–H and O–H groups in total. The first-order valence-corrected chi connectivity index (χ1v) is 12.0. The molecule has 0 spiro atoms. The minimum Gasteiger partial charge on any atom is -0.507 e. The maximum atomic E-state index is 12.3. The van der Waals surface area contributed by atoms with Crippen molar-refractivity contribution in [3.8, 4) is 16.9 Å². The summed E-state index contributed by atoms with van der Waals surface area (Å²) in [7, 11) is 1.58. The van der Waals surface area contributed by atoms with E-state index < -0.39 is 0 Å². The third-order valence-electron chi connectivity index (χ3n) is 6.50. The maximum Gasteiger partial charge on any atom is 0.314 e. The highest BCUT2D eigenvalue weighted by atomic mass is 16.5. The molecule has 0 radical (unpaired) electrons. The number of benzene rings is 2. The molecule has 184 valence electrons. The molecule has 7 nitrogen and oxygen atoms in total. The molecule has 0 atom stereocenters. The summed E-state index contributed by atoms with van der Waals surface area (Å²) in [5.41, 5.74) is 3.58. The number of morpholine rings is 1. The van der Waals surface area contributed by atoms with E-state index in [1.807, 2.05) is 41.3 Å². The lowest BCUT2D eigenvalue weighted by molar-refractivity contribution is -0.135. The highest BCUT2D eigenvalue weighted by Crippen LogP contribution is 2.36.